The van der Waals surface area contributed by atoms with Crippen LogP contribution in [0.4, 0.5) is 4.39 Å². The van der Waals surface area contributed by atoms with E-state index in [2.05, 4.69) is 15.9 Å². The zero-order valence-electron chi connectivity index (χ0n) is 8.18. The molecule has 0 amide bonds. The number of halogens is 3. The van der Waals surface area contributed by atoms with Gasteiger partial charge in [0.15, 0.2) is 0 Å². The van der Waals surface area contributed by atoms with Gasteiger partial charge in [-0.3, -0.25) is 4.79 Å². The number of benzene rings is 1. The van der Waals surface area contributed by atoms with E-state index in [9.17, 15) is 9.18 Å². The molecule has 5 heteroatoms. The third-order valence-corrected chi connectivity index (χ3v) is 2.48. The molecule has 0 N–H and O–H groups in total. The van der Waals surface area contributed by atoms with E-state index in [-0.39, 0.29) is 5.56 Å². The number of alkyl halides is 2. The Morgan fingerprint density at radius 3 is 2.67 bits per heavy atom. The van der Waals surface area contributed by atoms with E-state index < -0.39 is 10.4 Å². The summed E-state index contributed by atoms with van der Waals surface area (Å²) in [5, 5.41) is 0.379. The van der Waals surface area contributed by atoms with Crippen LogP contribution in [0.1, 0.15) is 17.3 Å². The van der Waals surface area contributed by atoms with Crippen molar-refractivity contribution in [3.8, 4) is 5.75 Å². The molecule has 0 heterocycles. The predicted molar refractivity (Wildman–Crippen MR) is 60.8 cm³/mol. The monoisotopic (exact) mass is 294 g/mol. The van der Waals surface area contributed by atoms with Crippen molar-refractivity contribution < 1.29 is 13.9 Å². The Kier molecular flexibility index (Phi) is 3.73. The number of hydrogen-bond donors (Lipinski definition) is 0. The summed E-state index contributed by atoms with van der Waals surface area (Å²) in [4.78, 5) is 11.5. The molecule has 1 aromatic rings. The van der Waals surface area contributed by atoms with Crippen LogP contribution in [0.25, 0.3) is 0 Å². The van der Waals surface area contributed by atoms with E-state index in [1.165, 1.54) is 25.3 Å². The maximum Gasteiger partial charge on any atom is 0.224 e. The highest BCUT2D eigenvalue weighted by Gasteiger charge is 2.30. The van der Waals surface area contributed by atoms with E-state index in [0.29, 0.717) is 10.8 Å². The lowest BCUT2D eigenvalue weighted by Crippen LogP contribution is -2.22. The van der Waals surface area contributed by atoms with Gasteiger partial charge < -0.3 is 4.74 Å². The van der Waals surface area contributed by atoms with E-state index in [1.807, 2.05) is 0 Å². The average molecular weight is 296 g/mol. The van der Waals surface area contributed by atoms with Crippen molar-refractivity contribution in [2.75, 3.05) is 7.11 Å². The summed E-state index contributed by atoms with van der Waals surface area (Å²) < 4.78 is 16.1. The molecule has 0 aliphatic rings. The zero-order chi connectivity index (χ0) is 11.6. The molecule has 0 spiro atoms. The molecule has 2 nitrogen and oxygen atoms in total. The van der Waals surface area contributed by atoms with Crippen LogP contribution >= 0.6 is 27.5 Å². The number of Topliss-reactive ketones (excluding diaryl/α,β-unsaturated/α-hetero) is 1. The van der Waals surface area contributed by atoms with E-state index in [0.717, 1.165) is 6.92 Å². The Morgan fingerprint density at radius 2 is 2.20 bits per heavy atom. The van der Waals surface area contributed by atoms with Gasteiger partial charge in [-0.1, -0.05) is 11.6 Å². The molecule has 0 fully saturated rings. The summed E-state index contributed by atoms with van der Waals surface area (Å²) in [6.07, 6.45) is 0. The molecule has 0 aliphatic carbocycles. The molecular weight excluding hydrogens is 286 g/mol. The van der Waals surface area contributed by atoms with Crippen LogP contribution < -0.4 is 4.74 Å². The van der Waals surface area contributed by atoms with Gasteiger partial charge in [0, 0.05) is 5.56 Å². The van der Waals surface area contributed by atoms with E-state index in [1.54, 1.807) is 0 Å². The van der Waals surface area contributed by atoms with Gasteiger partial charge in [-0.15, -0.1) is 0 Å². The lowest BCUT2D eigenvalue weighted by molar-refractivity contribution is 0.0866. The number of methoxy groups -OCH3 is 1. The minimum Gasteiger partial charge on any atom is -0.495 e. The highest BCUT2D eigenvalue weighted by Crippen LogP contribution is 2.29. The van der Waals surface area contributed by atoms with Gasteiger partial charge in [-0.05, 0) is 41.1 Å². The molecule has 0 saturated carbocycles. The van der Waals surface area contributed by atoms with Crippen molar-refractivity contribution in [2.45, 2.75) is 11.5 Å². The summed E-state index contributed by atoms with van der Waals surface area (Å²) in [5.74, 6) is -0.322. The van der Waals surface area contributed by atoms with Crippen LogP contribution in [-0.2, 0) is 0 Å². The summed E-state index contributed by atoms with van der Waals surface area (Å²) in [6.45, 7) is 1.14. The molecule has 1 aromatic carbocycles. The largest absolute Gasteiger partial charge is 0.495 e. The van der Waals surface area contributed by atoms with Crippen molar-refractivity contribution >= 4 is 33.3 Å². The fourth-order valence-corrected chi connectivity index (χ4v) is 1.48. The molecule has 0 bridgehead atoms. The first-order valence-corrected chi connectivity index (χ1v) is 5.29. The number of ketones is 1. The Hall–Kier alpha value is -0.610. The highest BCUT2D eigenvalue weighted by atomic mass is 79.9. The molecule has 0 saturated heterocycles. The molecule has 0 aromatic heterocycles. The topological polar surface area (TPSA) is 26.3 Å². The molecular formula is C10H9BrClFO2. The Morgan fingerprint density at radius 1 is 1.60 bits per heavy atom. The molecule has 1 rings (SSSR count). The minimum atomic E-state index is -2.08. The Balaban J connectivity index is 3.12. The van der Waals surface area contributed by atoms with Gasteiger partial charge in [0.05, 0.1) is 12.1 Å². The Labute approximate surface area is 101 Å². The molecule has 15 heavy (non-hydrogen) atoms. The minimum absolute atomic E-state index is 0.207. The van der Waals surface area contributed by atoms with Crippen LogP contribution in [0, 0.1) is 0 Å². The van der Waals surface area contributed by atoms with Crippen molar-refractivity contribution in [3.05, 3.63) is 28.8 Å². The van der Waals surface area contributed by atoms with E-state index in [4.69, 9.17) is 16.3 Å². The van der Waals surface area contributed by atoms with Crippen LogP contribution in [0.5, 0.6) is 5.75 Å². The number of carbonyl (C=O) groups is 1. The lowest BCUT2D eigenvalue weighted by atomic mass is 10.1. The molecule has 0 aliphatic heterocycles. The SMILES string of the molecule is COc1cc(C(=O)C(C)(F)Br)ccc1Cl. The quantitative estimate of drug-likeness (QED) is 0.629. The third kappa shape index (κ3) is 2.92. The fraction of sp³-hybridized carbons (Fsp3) is 0.300. The number of rotatable bonds is 3. The van der Waals surface area contributed by atoms with Gasteiger partial charge in [0.25, 0.3) is 0 Å². The number of carbonyl (C=O) groups excluding carboxylic acids is 1. The first-order valence-electron chi connectivity index (χ1n) is 4.12. The highest BCUT2D eigenvalue weighted by molar-refractivity contribution is 9.10. The second-order valence-electron chi connectivity index (χ2n) is 3.07. The van der Waals surface area contributed by atoms with Gasteiger partial charge in [0.1, 0.15) is 5.75 Å². The summed E-state index contributed by atoms with van der Waals surface area (Å²) in [7, 11) is 1.43. The molecule has 82 valence electrons. The predicted octanol–water partition coefficient (Wildman–Crippen LogP) is 3.61. The molecule has 1 unspecified atom stereocenters. The standard InChI is InChI=1S/C10H9BrClFO2/c1-10(11,13)9(14)6-3-4-7(12)8(5-6)15-2/h3-5H,1-2H3. The molecule has 1 atom stereocenters. The van der Waals surface area contributed by atoms with Crippen molar-refractivity contribution in [3.63, 3.8) is 0 Å². The van der Waals surface area contributed by atoms with Gasteiger partial charge in [0.2, 0.25) is 10.4 Å². The van der Waals surface area contributed by atoms with Gasteiger partial charge >= 0.3 is 0 Å². The molecule has 0 radical (unpaired) electrons. The van der Waals surface area contributed by atoms with Crippen LogP contribution in [0.15, 0.2) is 18.2 Å². The summed E-state index contributed by atoms with van der Waals surface area (Å²) >= 11 is 8.43. The average Bonchev–Trinajstić information content (AvgIpc) is 2.16. The van der Waals surface area contributed by atoms with Crippen LogP contribution in [0.2, 0.25) is 5.02 Å². The van der Waals surface area contributed by atoms with Crippen molar-refractivity contribution in [2.24, 2.45) is 0 Å². The Bertz CT molecular complexity index is 387. The maximum absolute atomic E-state index is 13.3. The fourth-order valence-electron chi connectivity index (χ4n) is 1.05. The second kappa shape index (κ2) is 4.49. The maximum atomic E-state index is 13.3. The van der Waals surface area contributed by atoms with Gasteiger partial charge in [-0.2, -0.15) is 0 Å². The normalized spacial score (nSPS) is 14.5. The number of hydrogen-bond acceptors (Lipinski definition) is 2. The van der Waals surface area contributed by atoms with Crippen molar-refractivity contribution in [1.29, 1.82) is 0 Å². The van der Waals surface area contributed by atoms with Crippen molar-refractivity contribution in [1.82, 2.24) is 0 Å². The third-order valence-electron chi connectivity index (χ3n) is 1.81. The summed E-state index contributed by atoms with van der Waals surface area (Å²) in [5.41, 5.74) is 0.207. The summed E-state index contributed by atoms with van der Waals surface area (Å²) in [6, 6.07) is 4.35. The van der Waals surface area contributed by atoms with Crippen LogP contribution in [0.3, 0.4) is 0 Å². The first-order chi connectivity index (χ1) is 6.86. The smallest absolute Gasteiger partial charge is 0.224 e. The zero-order valence-corrected chi connectivity index (χ0v) is 10.5. The lowest BCUT2D eigenvalue weighted by Gasteiger charge is -2.11. The van der Waals surface area contributed by atoms with E-state index >= 15 is 0 Å². The second-order valence-corrected chi connectivity index (χ2v) is 4.96. The van der Waals surface area contributed by atoms with Gasteiger partial charge in [-0.25, -0.2) is 4.39 Å². The number of ether oxygens (including phenoxy) is 1. The first kappa shape index (κ1) is 12.5. The van der Waals surface area contributed by atoms with Crippen LogP contribution in [-0.4, -0.2) is 17.5 Å².